The van der Waals surface area contributed by atoms with Crippen molar-refractivity contribution in [3.63, 3.8) is 0 Å². The maximum absolute atomic E-state index is 10.8. The van der Waals surface area contributed by atoms with Gasteiger partial charge >= 0.3 is 0 Å². The molecule has 0 aromatic carbocycles. The molecule has 2 nitrogen and oxygen atoms in total. The first kappa shape index (κ1) is 17.0. The van der Waals surface area contributed by atoms with Crippen molar-refractivity contribution in [3.05, 3.63) is 20.3 Å². The second kappa shape index (κ2) is 6.02. The molecule has 2 rings (SSSR count). The zero-order valence-electron chi connectivity index (χ0n) is 13.2. The summed E-state index contributed by atoms with van der Waals surface area (Å²) in [7, 11) is 0. The van der Waals surface area contributed by atoms with Gasteiger partial charge in [-0.15, -0.1) is 11.3 Å². The average Bonchev–Trinajstić information content (AvgIpc) is 2.77. The lowest BCUT2D eigenvalue weighted by Gasteiger charge is -2.42. The minimum absolute atomic E-state index is 0.287. The number of rotatable bonds is 2. The van der Waals surface area contributed by atoms with Crippen LogP contribution in [0.1, 0.15) is 62.3 Å². The van der Waals surface area contributed by atoms with Gasteiger partial charge in [-0.3, -0.25) is 0 Å². The highest BCUT2D eigenvalue weighted by atomic mass is 79.9. The van der Waals surface area contributed by atoms with Crippen LogP contribution in [0.15, 0.2) is 10.5 Å². The van der Waals surface area contributed by atoms with E-state index in [0.29, 0.717) is 5.92 Å². The standard InChI is InChI=1S/C17H24BrNOS/c1-11-13(18)9-14(21-11)15(20)17(10-19)7-5-12(6-8-17)16(2,3)4/h9,12,15,20H,5-8H2,1-4H3. The molecule has 1 fully saturated rings. The molecule has 116 valence electrons. The molecule has 1 heterocycles. The molecule has 0 saturated heterocycles. The van der Waals surface area contributed by atoms with Gasteiger partial charge in [0.1, 0.15) is 6.10 Å². The van der Waals surface area contributed by atoms with Crippen LogP contribution in [0.3, 0.4) is 0 Å². The topological polar surface area (TPSA) is 44.0 Å². The minimum Gasteiger partial charge on any atom is -0.386 e. The van der Waals surface area contributed by atoms with E-state index in [0.717, 1.165) is 39.9 Å². The first-order valence-corrected chi connectivity index (χ1v) is 9.16. The lowest BCUT2D eigenvalue weighted by Crippen LogP contribution is -2.35. The van der Waals surface area contributed by atoms with Crippen molar-refractivity contribution in [2.24, 2.45) is 16.7 Å². The number of nitrogens with zero attached hydrogens (tertiary/aromatic N) is 1. The number of thiophene rings is 1. The van der Waals surface area contributed by atoms with Crippen molar-refractivity contribution in [2.45, 2.75) is 59.5 Å². The van der Waals surface area contributed by atoms with Crippen LogP contribution in [0.25, 0.3) is 0 Å². The van der Waals surface area contributed by atoms with Crippen LogP contribution in [0.5, 0.6) is 0 Å². The number of aliphatic hydroxyl groups is 1. The van der Waals surface area contributed by atoms with Crippen molar-refractivity contribution in [1.82, 2.24) is 0 Å². The van der Waals surface area contributed by atoms with Gasteiger partial charge in [-0.2, -0.15) is 5.26 Å². The van der Waals surface area contributed by atoms with Gasteiger partial charge in [0.2, 0.25) is 0 Å². The number of hydrogen-bond acceptors (Lipinski definition) is 3. The van der Waals surface area contributed by atoms with E-state index in [1.54, 1.807) is 11.3 Å². The van der Waals surface area contributed by atoms with Gasteiger partial charge in [0, 0.05) is 14.2 Å². The molecule has 0 radical (unpaired) electrons. The zero-order chi connectivity index (χ0) is 15.8. The van der Waals surface area contributed by atoms with Gasteiger partial charge in [0.15, 0.2) is 0 Å². The van der Waals surface area contributed by atoms with Crippen LogP contribution in [0.2, 0.25) is 0 Å². The molecule has 1 saturated carbocycles. The van der Waals surface area contributed by atoms with Crippen LogP contribution < -0.4 is 0 Å². The maximum Gasteiger partial charge on any atom is 0.107 e. The first-order valence-electron chi connectivity index (χ1n) is 7.55. The molecular weight excluding hydrogens is 346 g/mol. The third-order valence-electron chi connectivity index (χ3n) is 4.99. The van der Waals surface area contributed by atoms with E-state index >= 15 is 0 Å². The largest absolute Gasteiger partial charge is 0.386 e. The molecule has 1 aromatic heterocycles. The van der Waals surface area contributed by atoms with E-state index in [1.807, 2.05) is 13.0 Å². The fraction of sp³-hybridized carbons (Fsp3) is 0.706. The zero-order valence-corrected chi connectivity index (χ0v) is 15.6. The third-order valence-corrected chi connectivity index (χ3v) is 7.18. The predicted molar refractivity (Wildman–Crippen MR) is 91.2 cm³/mol. The second-order valence-corrected chi connectivity index (χ2v) is 9.51. The molecule has 0 spiro atoms. The van der Waals surface area contributed by atoms with Crippen molar-refractivity contribution in [1.29, 1.82) is 5.26 Å². The Morgan fingerprint density at radius 1 is 1.43 bits per heavy atom. The fourth-order valence-corrected chi connectivity index (χ4v) is 5.00. The summed E-state index contributed by atoms with van der Waals surface area (Å²) in [5.74, 6) is 0.642. The van der Waals surface area contributed by atoms with E-state index in [9.17, 15) is 10.4 Å². The van der Waals surface area contributed by atoms with E-state index < -0.39 is 11.5 Å². The van der Waals surface area contributed by atoms with Crippen LogP contribution in [0.4, 0.5) is 0 Å². The van der Waals surface area contributed by atoms with Crippen molar-refractivity contribution >= 4 is 27.3 Å². The molecule has 1 aliphatic carbocycles. The van der Waals surface area contributed by atoms with E-state index in [-0.39, 0.29) is 5.41 Å². The summed E-state index contributed by atoms with van der Waals surface area (Å²) in [6.45, 7) is 8.84. The molecule has 0 aliphatic heterocycles. The Labute approximate surface area is 140 Å². The number of aliphatic hydroxyl groups excluding tert-OH is 1. The van der Waals surface area contributed by atoms with Gasteiger partial charge in [-0.25, -0.2) is 0 Å². The second-order valence-electron chi connectivity index (χ2n) is 7.36. The maximum atomic E-state index is 10.8. The van der Waals surface area contributed by atoms with E-state index in [4.69, 9.17) is 0 Å². The van der Waals surface area contributed by atoms with Crippen LogP contribution in [-0.2, 0) is 0 Å². The van der Waals surface area contributed by atoms with Crippen LogP contribution in [0, 0.1) is 35.0 Å². The Hall–Kier alpha value is -0.370. The predicted octanol–water partition coefficient (Wildman–Crippen LogP) is 5.60. The average molecular weight is 370 g/mol. The summed E-state index contributed by atoms with van der Waals surface area (Å²) in [5.41, 5.74) is -0.326. The summed E-state index contributed by atoms with van der Waals surface area (Å²) in [6, 6.07) is 4.43. The van der Waals surface area contributed by atoms with Crippen molar-refractivity contribution in [2.75, 3.05) is 0 Å². The van der Waals surface area contributed by atoms with Gasteiger partial charge in [-0.1, -0.05) is 20.8 Å². The van der Waals surface area contributed by atoms with Gasteiger partial charge in [0.25, 0.3) is 0 Å². The molecular formula is C17H24BrNOS. The molecule has 21 heavy (non-hydrogen) atoms. The molecule has 0 bridgehead atoms. The Morgan fingerprint density at radius 2 is 2.00 bits per heavy atom. The Kier molecular flexibility index (Phi) is 4.87. The lowest BCUT2D eigenvalue weighted by atomic mass is 9.62. The first-order chi connectivity index (χ1) is 9.69. The Bertz CT molecular complexity index is 525. The van der Waals surface area contributed by atoms with Crippen LogP contribution >= 0.6 is 27.3 Å². The molecule has 1 unspecified atom stereocenters. The molecule has 1 aromatic rings. The number of halogens is 1. The summed E-state index contributed by atoms with van der Waals surface area (Å²) < 4.78 is 1.03. The summed E-state index contributed by atoms with van der Waals surface area (Å²) in [5, 5.41) is 20.5. The number of hydrogen-bond donors (Lipinski definition) is 1. The lowest BCUT2D eigenvalue weighted by molar-refractivity contribution is 0.0105. The Balaban J connectivity index is 2.19. The molecule has 4 heteroatoms. The van der Waals surface area contributed by atoms with E-state index in [2.05, 4.69) is 42.8 Å². The SMILES string of the molecule is Cc1sc(C(O)C2(C#N)CCC(C(C)(C)C)CC2)cc1Br. The van der Waals surface area contributed by atoms with Gasteiger partial charge in [0.05, 0.1) is 11.5 Å². The van der Waals surface area contributed by atoms with Gasteiger partial charge in [-0.05, 0) is 65.9 Å². The quantitative estimate of drug-likeness (QED) is 0.737. The molecule has 1 aliphatic rings. The summed E-state index contributed by atoms with van der Waals surface area (Å²) in [4.78, 5) is 2.07. The third kappa shape index (κ3) is 3.36. The molecule has 0 amide bonds. The monoisotopic (exact) mass is 369 g/mol. The minimum atomic E-state index is -0.668. The summed E-state index contributed by atoms with van der Waals surface area (Å²) >= 11 is 5.09. The van der Waals surface area contributed by atoms with Crippen LogP contribution in [-0.4, -0.2) is 5.11 Å². The van der Waals surface area contributed by atoms with E-state index in [1.165, 1.54) is 0 Å². The number of nitriles is 1. The van der Waals surface area contributed by atoms with Crippen molar-refractivity contribution in [3.8, 4) is 6.07 Å². The number of aryl methyl sites for hydroxylation is 1. The fourth-order valence-electron chi connectivity index (χ4n) is 3.33. The highest BCUT2D eigenvalue weighted by Crippen LogP contribution is 2.52. The summed E-state index contributed by atoms with van der Waals surface area (Å²) in [6.07, 6.45) is 2.97. The van der Waals surface area contributed by atoms with Crippen molar-refractivity contribution < 1.29 is 5.11 Å². The Morgan fingerprint density at radius 3 is 2.38 bits per heavy atom. The smallest absolute Gasteiger partial charge is 0.107 e. The highest BCUT2D eigenvalue weighted by Gasteiger charge is 2.45. The molecule has 1 N–H and O–H groups in total. The normalized spacial score (nSPS) is 28.1. The van der Waals surface area contributed by atoms with Gasteiger partial charge < -0.3 is 5.11 Å². The molecule has 1 atom stereocenters. The highest BCUT2D eigenvalue weighted by molar-refractivity contribution is 9.10.